The van der Waals surface area contributed by atoms with Crippen LogP contribution < -0.4 is 5.32 Å². The van der Waals surface area contributed by atoms with Gasteiger partial charge in [0.15, 0.2) is 0 Å². The molecule has 22 heavy (non-hydrogen) atoms. The van der Waals surface area contributed by atoms with E-state index >= 15 is 0 Å². The van der Waals surface area contributed by atoms with Crippen LogP contribution in [0.25, 0.3) is 6.08 Å². The lowest BCUT2D eigenvalue weighted by atomic mass is 10.1. The largest absolute Gasteiger partial charge is 0.396 e. The van der Waals surface area contributed by atoms with Gasteiger partial charge in [-0.2, -0.15) is 0 Å². The number of aliphatic hydroxyl groups is 2. The Bertz CT molecular complexity index is 495. The first-order chi connectivity index (χ1) is 10.3. The Kier molecular flexibility index (Phi) is 9.88. The van der Waals surface area contributed by atoms with Gasteiger partial charge in [-0.1, -0.05) is 44.2 Å². The van der Waals surface area contributed by atoms with Crippen LogP contribution >= 0.6 is 0 Å². The zero-order valence-corrected chi connectivity index (χ0v) is 13.8. The number of hydrogen-bond acceptors (Lipinski definition) is 4. The standard InChI is InChI=1S/C9H9N.C5H8O2.C4H10O/c1-2-6-9-8(4-1)5-3-7-10-9;1-5(2,7)3-4-6;1-4(2)3-5/h1-6,10H,7H2;3,7H,1-2H3;4-5H,3H2,1-2H3. The number of para-hydroxylation sites is 1. The van der Waals surface area contributed by atoms with Crippen LogP contribution in [0.2, 0.25) is 0 Å². The molecule has 0 spiro atoms. The van der Waals surface area contributed by atoms with Crippen LogP contribution in [0.5, 0.6) is 0 Å². The van der Waals surface area contributed by atoms with Crippen LogP contribution in [0.3, 0.4) is 0 Å². The number of rotatable bonds is 2. The third-order valence-corrected chi connectivity index (χ3v) is 2.45. The Morgan fingerprint density at radius 2 is 1.95 bits per heavy atom. The normalized spacial score (nSPS) is 11.8. The minimum Gasteiger partial charge on any atom is -0.396 e. The number of anilines is 1. The second-order valence-corrected chi connectivity index (χ2v) is 5.86. The van der Waals surface area contributed by atoms with Crippen molar-refractivity contribution in [3.63, 3.8) is 0 Å². The minimum atomic E-state index is -0.998. The summed E-state index contributed by atoms with van der Waals surface area (Å²) in [5, 5.41) is 20.1. The molecule has 1 aliphatic rings. The second-order valence-electron chi connectivity index (χ2n) is 5.86. The zero-order valence-electron chi connectivity index (χ0n) is 13.8. The van der Waals surface area contributed by atoms with Crippen molar-refractivity contribution in [1.29, 1.82) is 0 Å². The Labute approximate surface area is 133 Å². The number of fused-ring (bicyclic) bond motifs is 1. The van der Waals surface area contributed by atoms with E-state index in [1.165, 1.54) is 31.0 Å². The molecule has 0 fully saturated rings. The zero-order chi connectivity index (χ0) is 17.0. The maximum Gasteiger partial charge on any atom is 0.123 e. The molecule has 0 amide bonds. The van der Waals surface area contributed by atoms with E-state index in [0.717, 1.165) is 12.6 Å². The monoisotopic (exact) mass is 305 g/mol. The Morgan fingerprint density at radius 3 is 2.36 bits per heavy atom. The fraction of sp³-hybridized carbons (Fsp3) is 0.444. The molecule has 3 N–H and O–H groups in total. The van der Waals surface area contributed by atoms with Gasteiger partial charge in [-0.3, -0.25) is 0 Å². The summed E-state index contributed by atoms with van der Waals surface area (Å²) in [6.07, 6.45) is 5.33. The number of aliphatic hydroxyl groups excluding tert-OH is 1. The maximum absolute atomic E-state index is 9.48. The first kappa shape index (κ1) is 20.1. The molecule has 0 radical (unpaired) electrons. The van der Waals surface area contributed by atoms with Crippen molar-refractivity contribution in [3.05, 3.63) is 42.0 Å². The lowest BCUT2D eigenvalue weighted by molar-refractivity contribution is 0.134. The Balaban J connectivity index is 0.000000326. The smallest absolute Gasteiger partial charge is 0.123 e. The van der Waals surface area contributed by atoms with E-state index in [0.29, 0.717) is 12.5 Å². The van der Waals surface area contributed by atoms with Gasteiger partial charge in [0, 0.05) is 24.9 Å². The summed E-state index contributed by atoms with van der Waals surface area (Å²) in [5.74, 6) is 1.92. The molecule has 0 unspecified atom stereocenters. The minimum absolute atomic E-state index is 0.306. The van der Waals surface area contributed by atoms with Crippen molar-refractivity contribution in [2.75, 3.05) is 18.5 Å². The van der Waals surface area contributed by atoms with Crippen LogP contribution in [0.15, 0.2) is 36.4 Å². The summed E-state index contributed by atoms with van der Waals surface area (Å²) < 4.78 is 0. The van der Waals surface area contributed by atoms with E-state index in [-0.39, 0.29) is 0 Å². The van der Waals surface area contributed by atoms with Gasteiger partial charge in [-0.25, -0.2) is 4.79 Å². The van der Waals surface area contributed by atoms with Crippen molar-refractivity contribution >= 4 is 17.7 Å². The van der Waals surface area contributed by atoms with Gasteiger partial charge in [0.2, 0.25) is 0 Å². The van der Waals surface area contributed by atoms with Crippen LogP contribution in [-0.2, 0) is 4.79 Å². The lowest BCUT2D eigenvalue weighted by Gasteiger charge is -2.11. The van der Waals surface area contributed by atoms with Gasteiger partial charge in [0.25, 0.3) is 0 Å². The summed E-state index contributed by atoms with van der Waals surface area (Å²) in [4.78, 5) is 9.48. The summed E-state index contributed by atoms with van der Waals surface area (Å²) in [6, 6.07) is 8.30. The highest BCUT2D eigenvalue weighted by molar-refractivity contribution is 5.69. The number of benzene rings is 1. The highest BCUT2D eigenvalue weighted by Gasteiger charge is 2.05. The molecule has 1 aromatic rings. The first-order valence-electron chi connectivity index (χ1n) is 7.35. The molecule has 1 aromatic carbocycles. The van der Waals surface area contributed by atoms with Gasteiger partial charge >= 0.3 is 0 Å². The molecule has 1 aliphatic heterocycles. The molecule has 0 atom stereocenters. The molecule has 0 aromatic heterocycles. The highest BCUT2D eigenvalue weighted by atomic mass is 16.3. The lowest BCUT2D eigenvalue weighted by Crippen LogP contribution is -2.13. The van der Waals surface area contributed by atoms with E-state index in [1.54, 1.807) is 0 Å². The predicted molar refractivity (Wildman–Crippen MR) is 92.5 cm³/mol. The topological polar surface area (TPSA) is 69.6 Å². The SMILES string of the molecule is C1=Cc2ccccc2NC1.CC(C)(O)C=C=O.CC(C)CO. The molecule has 0 saturated carbocycles. The molecule has 0 aliphatic carbocycles. The van der Waals surface area contributed by atoms with E-state index in [2.05, 4.69) is 35.7 Å². The van der Waals surface area contributed by atoms with Crippen molar-refractivity contribution in [1.82, 2.24) is 0 Å². The Morgan fingerprint density at radius 1 is 1.36 bits per heavy atom. The summed E-state index contributed by atoms with van der Waals surface area (Å²) in [7, 11) is 0. The molecule has 4 heteroatoms. The van der Waals surface area contributed by atoms with Crippen LogP contribution in [0.4, 0.5) is 5.69 Å². The highest BCUT2D eigenvalue weighted by Crippen LogP contribution is 2.18. The first-order valence-corrected chi connectivity index (χ1v) is 7.35. The van der Waals surface area contributed by atoms with Crippen LogP contribution in [0, 0.1) is 5.92 Å². The van der Waals surface area contributed by atoms with Gasteiger partial charge in [0.1, 0.15) is 5.94 Å². The number of carbonyl (C=O) groups excluding carboxylic acids is 1. The van der Waals surface area contributed by atoms with Crippen molar-refractivity contribution in [2.45, 2.75) is 33.3 Å². The second kappa shape index (κ2) is 10.8. The average molecular weight is 305 g/mol. The van der Waals surface area contributed by atoms with E-state index in [1.807, 2.05) is 19.9 Å². The van der Waals surface area contributed by atoms with Crippen LogP contribution in [0.1, 0.15) is 33.3 Å². The molecule has 1 heterocycles. The molecular weight excluding hydrogens is 278 g/mol. The number of nitrogens with one attached hydrogen (secondary N) is 1. The van der Waals surface area contributed by atoms with Crippen molar-refractivity contribution in [2.24, 2.45) is 5.92 Å². The predicted octanol–water partition coefficient (Wildman–Crippen LogP) is 2.91. The van der Waals surface area contributed by atoms with Crippen molar-refractivity contribution < 1.29 is 15.0 Å². The van der Waals surface area contributed by atoms with E-state index in [4.69, 9.17) is 10.2 Å². The summed E-state index contributed by atoms with van der Waals surface area (Å²) in [6.45, 7) is 8.23. The quantitative estimate of drug-likeness (QED) is 0.735. The van der Waals surface area contributed by atoms with Gasteiger partial charge in [-0.05, 0) is 31.4 Å². The fourth-order valence-corrected chi connectivity index (χ4v) is 1.30. The third-order valence-electron chi connectivity index (χ3n) is 2.45. The molecular formula is C18H27NO3. The molecule has 0 saturated heterocycles. The van der Waals surface area contributed by atoms with E-state index in [9.17, 15) is 4.79 Å². The molecule has 2 rings (SSSR count). The fourth-order valence-electron chi connectivity index (χ4n) is 1.30. The molecule has 0 bridgehead atoms. The summed E-state index contributed by atoms with van der Waals surface area (Å²) >= 11 is 0. The number of hydrogen-bond donors (Lipinski definition) is 3. The van der Waals surface area contributed by atoms with Gasteiger partial charge in [-0.15, -0.1) is 0 Å². The van der Waals surface area contributed by atoms with Gasteiger partial charge in [0.05, 0.1) is 5.60 Å². The summed E-state index contributed by atoms with van der Waals surface area (Å²) in [5.41, 5.74) is 1.53. The average Bonchev–Trinajstić information content (AvgIpc) is 2.47. The van der Waals surface area contributed by atoms with Crippen LogP contribution in [-0.4, -0.2) is 34.9 Å². The molecule has 4 nitrogen and oxygen atoms in total. The third kappa shape index (κ3) is 10.9. The Hall–Kier alpha value is -1.87. The van der Waals surface area contributed by atoms with E-state index < -0.39 is 5.60 Å². The van der Waals surface area contributed by atoms with Gasteiger partial charge < -0.3 is 15.5 Å². The van der Waals surface area contributed by atoms with Crippen molar-refractivity contribution in [3.8, 4) is 0 Å². The molecule has 122 valence electrons. The maximum atomic E-state index is 9.48.